The Hall–Kier alpha value is -1.09. The standard InChI is InChI=1S/C13H22O3/c1-4-5-6-7-11(2)8-9-12(14)10-13(15)16-3/h4,7,12,14H,1,5-6,8-10H2,2-3H3/t12-/m1/s1. The Bertz CT molecular complexity index is 244. The summed E-state index contributed by atoms with van der Waals surface area (Å²) in [5.41, 5.74) is 1.24. The number of ether oxygens (including phenoxy) is 1. The summed E-state index contributed by atoms with van der Waals surface area (Å²) in [5, 5.41) is 9.53. The van der Waals surface area contributed by atoms with Gasteiger partial charge in [-0.2, -0.15) is 0 Å². The number of aliphatic hydroxyl groups is 1. The number of methoxy groups -OCH3 is 1. The molecule has 0 aliphatic heterocycles. The van der Waals surface area contributed by atoms with Crippen molar-refractivity contribution in [3.05, 3.63) is 24.3 Å². The van der Waals surface area contributed by atoms with Crippen molar-refractivity contribution in [2.45, 2.75) is 45.1 Å². The quantitative estimate of drug-likeness (QED) is 0.393. The minimum Gasteiger partial charge on any atom is -0.469 e. The number of aliphatic hydroxyl groups excluding tert-OH is 1. The van der Waals surface area contributed by atoms with Crippen molar-refractivity contribution in [1.29, 1.82) is 0 Å². The van der Waals surface area contributed by atoms with Crippen molar-refractivity contribution >= 4 is 5.97 Å². The molecule has 0 aromatic carbocycles. The van der Waals surface area contributed by atoms with E-state index in [0.29, 0.717) is 6.42 Å². The highest BCUT2D eigenvalue weighted by atomic mass is 16.5. The van der Waals surface area contributed by atoms with E-state index in [1.807, 2.05) is 13.0 Å². The maximum Gasteiger partial charge on any atom is 0.308 e. The van der Waals surface area contributed by atoms with Crippen molar-refractivity contribution in [2.75, 3.05) is 7.11 Å². The molecule has 92 valence electrons. The van der Waals surface area contributed by atoms with E-state index < -0.39 is 6.10 Å². The molecular formula is C13H22O3. The summed E-state index contributed by atoms with van der Waals surface area (Å²) in [6.07, 6.45) is 6.89. The number of carbonyl (C=O) groups excluding carboxylic acids is 1. The predicted octanol–water partition coefficient (Wildman–Crippen LogP) is 2.60. The van der Waals surface area contributed by atoms with E-state index in [-0.39, 0.29) is 12.4 Å². The summed E-state index contributed by atoms with van der Waals surface area (Å²) >= 11 is 0. The van der Waals surface area contributed by atoms with Gasteiger partial charge in [0.25, 0.3) is 0 Å². The van der Waals surface area contributed by atoms with Crippen LogP contribution >= 0.6 is 0 Å². The molecule has 0 aliphatic carbocycles. The fourth-order valence-electron chi connectivity index (χ4n) is 1.32. The number of allylic oxidation sites excluding steroid dienone is 3. The van der Waals surface area contributed by atoms with Crippen LogP contribution in [-0.4, -0.2) is 24.3 Å². The van der Waals surface area contributed by atoms with E-state index in [2.05, 4.69) is 17.4 Å². The van der Waals surface area contributed by atoms with E-state index >= 15 is 0 Å². The maximum absolute atomic E-state index is 10.9. The molecule has 0 unspecified atom stereocenters. The molecule has 1 atom stereocenters. The molecule has 0 saturated heterocycles. The molecule has 3 heteroatoms. The lowest BCUT2D eigenvalue weighted by atomic mass is 10.1. The Labute approximate surface area is 97.8 Å². The Balaban J connectivity index is 3.73. The van der Waals surface area contributed by atoms with E-state index in [0.717, 1.165) is 19.3 Å². The van der Waals surface area contributed by atoms with Gasteiger partial charge in [-0.15, -0.1) is 6.58 Å². The lowest BCUT2D eigenvalue weighted by Crippen LogP contribution is -2.14. The monoisotopic (exact) mass is 226 g/mol. The van der Waals surface area contributed by atoms with Gasteiger partial charge in [0.2, 0.25) is 0 Å². The molecule has 0 amide bonds. The van der Waals surface area contributed by atoms with Gasteiger partial charge in [0.1, 0.15) is 0 Å². The number of hydrogen-bond donors (Lipinski definition) is 1. The van der Waals surface area contributed by atoms with Crippen LogP contribution in [0.2, 0.25) is 0 Å². The highest BCUT2D eigenvalue weighted by molar-refractivity contribution is 5.69. The van der Waals surface area contributed by atoms with Gasteiger partial charge in [0, 0.05) is 0 Å². The Morgan fingerprint density at radius 2 is 2.19 bits per heavy atom. The van der Waals surface area contributed by atoms with Crippen LogP contribution in [0.25, 0.3) is 0 Å². The number of hydrogen-bond acceptors (Lipinski definition) is 3. The van der Waals surface area contributed by atoms with Crippen LogP contribution in [0, 0.1) is 0 Å². The molecule has 1 N–H and O–H groups in total. The summed E-state index contributed by atoms with van der Waals surface area (Å²) in [7, 11) is 1.33. The molecule has 0 spiro atoms. The minimum atomic E-state index is -0.602. The third-order valence-corrected chi connectivity index (χ3v) is 2.37. The van der Waals surface area contributed by atoms with Gasteiger partial charge in [-0.3, -0.25) is 4.79 Å². The van der Waals surface area contributed by atoms with Gasteiger partial charge in [-0.25, -0.2) is 0 Å². The Morgan fingerprint density at radius 3 is 2.75 bits per heavy atom. The van der Waals surface area contributed by atoms with E-state index in [1.54, 1.807) is 0 Å². The summed E-state index contributed by atoms with van der Waals surface area (Å²) < 4.78 is 4.48. The summed E-state index contributed by atoms with van der Waals surface area (Å²) in [6, 6.07) is 0. The van der Waals surface area contributed by atoms with Crippen LogP contribution < -0.4 is 0 Å². The van der Waals surface area contributed by atoms with Gasteiger partial charge >= 0.3 is 5.97 Å². The highest BCUT2D eigenvalue weighted by Gasteiger charge is 2.10. The molecule has 0 aliphatic rings. The van der Waals surface area contributed by atoms with Crippen molar-refractivity contribution < 1.29 is 14.6 Å². The molecule has 0 aromatic rings. The molecule has 0 rings (SSSR count). The third kappa shape index (κ3) is 8.24. The second-order valence-electron chi connectivity index (χ2n) is 3.89. The van der Waals surface area contributed by atoms with Gasteiger partial charge < -0.3 is 9.84 Å². The van der Waals surface area contributed by atoms with Crippen molar-refractivity contribution in [2.24, 2.45) is 0 Å². The van der Waals surface area contributed by atoms with Gasteiger partial charge in [-0.05, 0) is 32.6 Å². The summed E-state index contributed by atoms with van der Waals surface area (Å²) in [4.78, 5) is 10.9. The third-order valence-electron chi connectivity index (χ3n) is 2.37. The molecule has 16 heavy (non-hydrogen) atoms. The topological polar surface area (TPSA) is 46.5 Å². The normalized spacial score (nSPS) is 13.3. The van der Waals surface area contributed by atoms with Crippen LogP contribution in [0.15, 0.2) is 24.3 Å². The molecule has 0 aromatic heterocycles. The first-order chi connectivity index (χ1) is 7.60. The van der Waals surface area contributed by atoms with Crippen LogP contribution in [-0.2, 0) is 9.53 Å². The van der Waals surface area contributed by atoms with Crippen LogP contribution in [0.4, 0.5) is 0 Å². The van der Waals surface area contributed by atoms with E-state index in [4.69, 9.17) is 0 Å². The first kappa shape index (κ1) is 14.9. The van der Waals surface area contributed by atoms with Crippen molar-refractivity contribution in [1.82, 2.24) is 0 Å². The SMILES string of the molecule is C=CCCC=C(C)CC[C@@H](O)CC(=O)OC. The zero-order valence-corrected chi connectivity index (χ0v) is 10.2. The minimum absolute atomic E-state index is 0.0798. The predicted molar refractivity (Wildman–Crippen MR) is 65.1 cm³/mol. The number of rotatable bonds is 8. The number of carbonyl (C=O) groups is 1. The number of esters is 1. The average molecular weight is 226 g/mol. The molecule has 0 fully saturated rings. The van der Waals surface area contributed by atoms with Crippen molar-refractivity contribution in [3.63, 3.8) is 0 Å². The average Bonchev–Trinajstić information content (AvgIpc) is 2.26. The lowest BCUT2D eigenvalue weighted by Gasteiger charge is -2.09. The Morgan fingerprint density at radius 1 is 1.50 bits per heavy atom. The van der Waals surface area contributed by atoms with Crippen LogP contribution in [0.5, 0.6) is 0 Å². The fraction of sp³-hybridized carbons (Fsp3) is 0.615. The molecule has 3 nitrogen and oxygen atoms in total. The molecule has 0 saturated carbocycles. The van der Waals surface area contributed by atoms with Crippen LogP contribution in [0.1, 0.15) is 39.0 Å². The maximum atomic E-state index is 10.9. The molecule has 0 heterocycles. The lowest BCUT2D eigenvalue weighted by molar-refractivity contribution is -0.142. The summed E-state index contributed by atoms with van der Waals surface area (Å²) in [5.74, 6) is -0.360. The molecule has 0 bridgehead atoms. The Kier molecular flexibility index (Phi) is 8.53. The highest BCUT2D eigenvalue weighted by Crippen LogP contribution is 2.11. The van der Waals surface area contributed by atoms with Crippen LogP contribution in [0.3, 0.4) is 0 Å². The van der Waals surface area contributed by atoms with Gasteiger partial charge in [0.15, 0.2) is 0 Å². The second-order valence-corrected chi connectivity index (χ2v) is 3.89. The first-order valence-corrected chi connectivity index (χ1v) is 5.61. The second kappa shape index (κ2) is 9.16. The number of unbranched alkanes of at least 4 members (excludes halogenated alkanes) is 1. The largest absolute Gasteiger partial charge is 0.469 e. The summed E-state index contributed by atoms with van der Waals surface area (Å²) in [6.45, 7) is 5.69. The van der Waals surface area contributed by atoms with Crippen molar-refractivity contribution in [3.8, 4) is 0 Å². The van der Waals surface area contributed by atoms with Gasteiger partial charge in [0.05, 0.1) is 19.6 Å². The molecule has 0 radical (unpaired) electrons. The van der Waals surface area contributed by atoms with E-state index in [9.17, 15) is 9.90 Å². The van der Waals surface area contributed by atoms with E-state index in [1.165, 1.54) is 12.7 Å². The fourth-order valence-corrected chi connectivity index (χ4v) is 1.32. The zero-order valence-electron chi connectivity index (χ0n) is 10.2. The first-order valence-electron chi connectivity index (χ1n) is 5.61. The van der Waals surface area contributed by atoms with Gasteiger partial charge in [-0.1, -0.05) is 17.7 Å². The molecular weight excluding hydrogens is 204 g/mol. The zero-order chi connectivity index (χ0) is 12.4. The smallest absolute Gasteiger partial charge is 0.308 e.